The molecule has 1 saturated carbocycles. The highest BCUT2D eigenvalue weighted by atomic mass is 14.9. The second-order valence-electron chi connectivity index (χ2n) is 5.13. The lowest BCUT2D eigenvalue weighted by Gasteiger charge is -2.23. The molecule has 2 rings (SSSR count). The van der Waals surface area contributed by atoms with Crippen molar-refractivity contribution in [2.45, 2.75) is 45.1 Å². The Hall–Kier alpha value is -0.820. The highest BCUT2D eigenvalue weighted by molar-refractivity contribution is 5.22. The van der Waals surface area contributed by atoms with Gasteiger partial charge in [-0.2, -0.15) is 0 Å². The zero-order chi connectivity index (χ0) is 11.4. The normalized spacial score (nSPS) is 18.9. The smallest absolute Gasteiger partial charge is 0.0133 e. The van der Waals surface area contributed by atoms with Crippen molar-refractivity contribution in [2.75, 3.05) is 7.05 Å². The second kappa shape index (κ2) is 5.49. The summed E-state index contributed by atoms with van der Waals surface area (Å²) in [4.78, 5) is 0. The first-order valence-electron chi connectivity index (χ1n) is 6.52. The minimum atomic E-state index is 0.671. The third-order valence-electron chi connectivity index (χ3n) is 3.92. The van der Waals surface area contributed by atoms with Gasteiger partial charge >= 0.3 is 0 Å². The van der Waals surface area contributed by atoms with Crippen molar-refractivity contribution in [1.82, 2.24) is 5.32 Å². The molecule has 1 nitrogen and oxygen atoms in total. The highest BCUT2D eigenvalue weighted by Gasteiger charge is 2.23. The average Bonchev–Trinajstić information content (AvgIpc) is 2.82. The van der Waals surface area contributed by atoms with Crippen LogP contribution in [-0.4, -0.2) is 13.1 Å². The molecule has 1 aliphatic carbocycles. The van der Waals surface area contributed by atoms with Crippen molar-refractivity contribution in [1.29, 1.82) is 0 Å². The summed E-state index contributed by atoms with van der Waals surface area (Å²) in [6.07, 6.45) is 6.86. The van der Waals surface area contributed by atoms with Crippen LogP contribution >= 0.6 is 0 Å². The molecule has 1 aliphatic rings. The SMILES string of the molecule is CNC(Cc1ccc(C)cc1)C1CCCC1. The van der Waals surface area contributed by atoms with E-state index in [1.165, 1.54) is 43.2 Å². The minimum Gasteiger partial charge on any atom is -0.316 e. The third kappa shape index (κ3) is 2.85. The molecule has 0 bridgehead atoms. The van der Waals surface area contributed by atoms with Gasteiger partial charge in [-0.15, -0.1) is 0 Å². The topological polar surface area (TPSA) is 12.0 Å². The van der Waals surface area contributed by atoms with Gasteiger partial charge in [0.25, 0.3) is 0 Å². The van der Waals surface area contributed by atoms with E-state index in [1.807, 2.05) is 0 Å². The van der Waals surface area contributed by atoms with Gasteiger partial charge in [0.15, 0.2) is 0 Å². The van der Waals surface area contributed by atoms with Crippen LogP contribution < -0.4 is 5.32 Å². The van der Waals surface area contributed by atoms with Crippen LogP contribution in [0.2, 0.25) is 0 Å². The fourth-order valence-electron chi connectivity index (χ4n) is 2.84. The predicted octanol–water partition coefficient (Wildman–Crippen LogP) is 3.32. The maximum absolute atomic E-state index is 3.51. The molecule has 1 aromatic carbocycles. The van der Waals surface area contributed by atoms with Gasteiger partial charge in [-0.25, -0.2) is 0 Å². The Morgan fingerprint density at radius 1 is 1.19 bits per heavy atom. The maximum atomic E-state index is 3.51. The Bertz CT molecular complexity index is 309. The molecule has 1 N–H and O–H groups in total. The van der Waals surface area contributed by atoms with Gasteiger partial charge in [0.2, 0.25) is 0 Å². The molecule has 0 radical (unpaired) electrons. The summed E-state index contributed by atoms with van der Waals surface area (Å²) >= 11 is 0. The van der Waals surface area contributed by atoms with E-state index in [0.717, 1.165) is 5.92 Å². The quantitative estimate of drug-likeness (QED) is 0.816. The molecule has 1 unspecified atom stereocenters. The molecule has 0 amide bonds. The molecule has 1 fully saturated rings. The van der Waals surface area contributed by atoms with Gasteiger partial charge < -0.3 is 5.32 Å². The molecule has 1 aromatic rings. The van der Waals surface area contributed by atoms with E-state index in [4.69, 9.17) is 0 Å². The second-order valence-corrected chi connectivity index (χ2v) is 5.13. The van der Waals surface area contributed by atoms with Crippen molar-refractivity contribution < 1.29 is 0 Å². The molecule has 0 spiro atoms. The third-order valence-corrected chi connectivity index (χ3v) is 3.92. The molecular formula is C15H23N. The summed E-state index contributed by atoms with van der Waals surface area (Å²) < 4.78 is 0. The largest absolute Gasteiger partial charge is 0.316 e. The molecule has 0 aliphatic heterocycles. The van der Waals surface area contributed by atoms with E-state index in [-0.39, 0.29) is 0 Å². The molecule has 0 aromatic heterocycles. The van der Waals surface area contributed by atoms with Crippen molar-refractivity contribution in [3.05, 3.63) is 35.4 Å². The van der Waals surface area contributed by atoms with Crippen LogP contribution in [0.4, 0.5) is 0 Å². The number of likely N-dealkylation sites (N-methyl/N-ethyl adjacent to an activating group) is 1. The highest BCUT2D eigenvalue weighted by Crippen LogP contribution is 2.29. The van der Waals surface area contributed by atoms with Crippen molar-refractivity contribution >= 4 is 0 Å². The molecule has 0 heterocycles. The lowest BCUT2D eigenvalue weighted by Crippen LogP contribution is -2.34. The number of hydrogen-bond donors (Lipinski definition) is 1. The summed E-state index contributed by atoms with van der Waals surface area (Å²) in [5.74, 6) is 0.895. The van der Waals surface area contributed by atoms with E-state index < -0.39 is 0 Å². The number of hydrogen-bond acceptors (Lipinski definition) is 1. The Morgan fingerprint density at radius 3 is 2.38 bits per heavy atom. The van der Waals surface area contributed by atoms with Crippen molar-refractivity contribution in [2.24, 2.45) is 5.92 Å². The molecule has 88 valence electrons. The predicted molar refractivity (Wildman–Crippen MR) is 69.7 cm³/mol. The van der Waals surface area contributed by atoms with Gasteiger partial charge in [-0.1, -0.05) is 42.7 Å². The Balaban J connectivity index is 1.97. The molecule has 1 heteroatoms. The zero-order valence-corrected chi connectivity index (χ0v) is 10.5. The molecule has 16 heavy (non-hydrogen) atoms. The van der Waals surface area contributed by atoms with Gasteiger partial charge in [-0.3, -0.25) is 0 Å². The van der Waals surface area contributed by atoms with Crippen LogP contribution in [0.1, 0.15) is 36.8 Å². The number of nitrogens with one attached hydrogen (secondary N) is 1. The monoisotopic (exact) mass is 217 g/mol. The minimum absolute atomic E-state index is 0.671. The Kier molecular flexibility index (Phi) is 4.00. The summed E-state index contributed by atoms with van der Waals surface area (Å²) in [5, 5.41) is 3.51. The van der Waals surface area contributed by atoms with Gasteiger partial charge in [-0.05, 0) is 44.7 Å². The van der Waals surface area contributed by atoms with Gasteiger partial charge in [0, 0.05) is 6.04 Å². The fourth-order valence-corrected chi connectivity index (χ4v) is 2.84. The maximum Gasteiger partial charge on any atom is 0.0133 e. The van der Waals surface area contributed by atoms with Gasteiger partial charge in [0.1, 0.15) is 0 Å². The Labute approximate surface area is 99.3 Å². The number of benzene rings is 1. The summed E-state index contributed by atoms with van der Waals surface area (Å²) in [6.45, 7) is 2.15. The molecular weight excluding hydrogens is 194 g/mol. The molecule has 0 saturated heterocycles. The van der Waals surface area contributed by atoms with Crippen LogP contribution in [0, 0.1) is 12.8 Å². The van der Waals surface area contributed by atoms with E-state index in [9.17, 15) is 0 Å². The zero-order valence-electron chi connectivity index (χ0n) is 10.5. The first-order chi connectivity index (χ1) is 7.79. The standard InChI is InChI=1S/C15H23N/c1-12-7-9-13(10-8-12)11-15(16-2)14-5-3-4-6-14/h7-10,14-16H,3-6,11H2,1-2H3. The van der Waals surface area contributed by atoms with Crippen LogP contribution in [0.25, 0.3) is 0 Å². The van der Waals surface area contributed by atoms with Crippen molar-refractivity contribution in [3.63, 3.8) is 0 Å². The van der Waals surface area contributed by atoms with Gasteiger partial charge in [0.05, 0.1) is 0 Å². The summed E-state index contributed by atoms with van der Waals surface area (Å²) in [5.41, 5.74) is 2.82. The Morgan fingerprint density at radius 2 is 1.81 bits per heavy atom. The number of aryl methyl sites for hydroxylation is 1. The van der Waals surface area contributed by atoms with Crippen LogP contribution in [-0.2, 0) is 6.42 Å². The summed E-state index contributed by atoms with van der Waals surface area (Å²) in [6, 6.07) is 9.65. The summed E-state index contributed by atoms with van der Waals surface area (Å²) in [7, 11) is 2.11. The van der Waals surface area contributed by atoms with Crippen molar-refractivity contribution in [3.8, 4) is 0 Å². The number of rotatable bonds is 4. The lowest BCUT2D eigenvalue weighted by molar-refractivity contribution is 0.377. The van der Waals surface area contributed by atoms with E-state index in [1.54, 1.807) is 0 Å². The van der Waals surface area contributed by atoms with Crippen LogP contribution in [0.5, 0.6) is 0 Å². The van der Waals surface area contributed by atoms with E-state index in [2.05, 4.69) is 43.6 Å². The van der Waals surface area contributed by atoms with E-state index in [0.29, 0.717) is 6.04 Å². The van der Waals surface area contributed by atoms with E-state index >= 15 is 0 Å². The average molecular weight is 217 g/mol. The first kappa shape index (κ1) is 11.7. The fraction of sp³-hybridized carbons (Fsp3) is 0.600. The first-order valence-corrected chi connectivity index (χ1v) is 6.52. The molecule has 1 atom stereocenters. The lowest BCUT2D eigenvalue weighted by atomic mass is 9.92. The van der Waals surface area contributed by atoms with Crippen LogP contribution in [0.15, 0.2) is 24.3 Å². The van der Waals surface area contributed by atoms with Crippen LogP contribution in [0.3, 0.4) is 0 Å².